The zero-order valence-corrected chi connectivity index (χ0v) is 30.9. The molecule has 2 aromatic carbocycles. The normalized spacial score (nSPS) is 15.2. The number of pyridine rings is 2. The number of halogens is 4. The monoisotopic (exact) mass is 788 g/mol. The van der Waals surface area contributed by atoms with Crippen molar-refractivity contribution in [2.75, 3.05) is 31.3 Å². The van der Waals surface area contributed by atoms with Crippen LogP contribution < -0.4 is 21.5 Å². The Bertz CT molecular complexity index is 2620. The van der Waals surface area contributed by atoms with Gasteiger partial charge in [-0.3, -0.25) is 24.1 Å². The molecule has 296 valence electrons. The van der Waals surface area contributed by atoms with Gasteiger partial charge >= 0.3 is 17.8 Å². The van der Waals surface area contributed by atoms with E-state index in [1.807, 2.05) is 0 Å². The van der Waals surface area contributed by atoms with Gasteiger partial charge in [0.25, 0.3) is 11.5 Å². The molecule has 1 aliphatic heterocycles. The summed E-state index contributed by atoms with van der Waals surface area (Å²) in [6.07, 6.45) is 2.78. The Labute approximate surface area is 321 Å². The number of morpholine rings is 1. The van der Waals surface area contributed by atoms with Crippen LogP contribution in [0.5, 0.6) is 0 Å². The number of carbonyl (C=O) groups is 2. The third-order valence-corrected chi connectivity index (χ3v) is 10.0. The number of nitrogens with one attached hydrogen (secondary N) is 1. The average molecular weight is 789 g/mol. The number of nitrogens with zero attached hydrogens (tertiary/aromatic N) is 7. The van der Waals surface area contributed by atoms with E-state index >= 15 is 4.39 Å². The van der Waals surface area contributed by atoms with Crippen molar-refractivity contribution in [3.63, 3.8) is 0 Å². The van der Waals surface area contributed by atoms with E-state index in [1.54, 1.807) is 42.1 Å². The first kappa shape index (κ1) is 38.8. The molecule has 1 aliphatic rings. The molecule has 1 unspecified atom stereocenters. The molecular formula is C39H36F4N8O6. The molecule has 0 radical (unpaired) electrons. The molecule has 0 bridgehead atoms. The predicted molar refractivity (Wildman–Crippen MR) is 200 cm³/mol. The third kappa shape index (κ3) is 7.59. The number of anilines is 1. The Morgan fingerprint density at radius 2 is 1.86 bits per heavy atom. The maximum absolute atomic E-state index is 15.8. The summed E-state index contributed by atoms with van der Waals surface area (Å²) in [5.41, 5.74) is -0.531. The number of carbonyl (C=O) groups excluding carboxylic acids is 2. The molecule has 1 fully saturated rings. The number of fused-ring (bicyclic) bond motifs is 2. The molecule has 0 spiro atoms. The molecule has 4 aromatic heterocycles. The SMILES string of the molecule is Cc1cc(N2CCOC[C@@H]2C(F)(F)F)cc(F)c1C(=O)NC(Cc1ccc(-n2c(=O)c3ccncc3n(C)c2=O)c2ncccc12)C(=O)OCCn1ccnc1C. The summed E-state index contributed by atoms with van der Waals surface area (Å²) in [5.74, 6) is -2.26. The minimum atomic E-state index is -4.65. The number of alkyl halides is 3. The molecule has 57 heavy (non-hydrogen) atoms. The molecule has 2 atom stereocenters. The fraction of sp³-hybridized carbons (Fsp3) is 0.308. The zero-order chi connectivity index (χ0) is 40.6. The maximum Gasteiger partial charge on any atom is 0.411 e. The van der Waals surface area contributed by atoms with E-state index in [0.29, 0.717) is 22.3 Å². The van der Waals surface area contributed by atoms with Crippen molar-refractivity contribution in [3.05, 3.63) is 123 Å². The lowest BCUT2D eigenvalue weighted by Crippen LogP contribution is -2.53. The second-order valence-electron chi connectivity index (χ2n) is 13.5. The van der Waals surface area contributed by atoms with Gasteiger partial charge in [0.05, 0.1) is 53.6 Å². The molecule has 5 heterocycles. The molecular weight excluding hydrogens is 752 g/mol. The summed E-state index contributed by atoms with van der Waals surface area (Å²) in [6.45, 7) is 2.53. The standard InChI is InChI=1S/C39H36F4N8O6/c1-22-17-25(50-14-15-56-21-32(50)39(41,42)43)19-28(40)33(22)35(52)47-29(37(54)57-16-13-49-12-11-45-23(49)2)18-24-6-7-30(34-26(24)5-4-9-46-34)51-36(53)27-8-10-44-20-31(27)48(3)38(51)55/h4-12,17,19-20,29,32H,13-16,18,21H2,1-3H3,(H,47,52)/t29?,32-/m1/s1. The number of hydrogen-bond acceptors (Lipinski definition) is 10. The van der Waals surface area contributed by atoms with Crippen LogP contribution in [0.15, 0.2) is 83.0 Å². The van der Waals surface area contributed by atoms with Crippen molar-refractivity contribution in [2.24, 2.45) is 7.05 Å². The van der Waals surface area contributed by atoms with Crippen LogP contribution in [-0.2, 0) is 34.3 Å². The smallest absolute Gasteiger partial charge is 0.411 e. The van der Waals surface area contributed by atoms with Gasteiger partial charge in [0.1, 0.15) is 30.3 Å². The number of benzene rings is 2. The number of aryl methyl sites for hydroxylation is 3. The Kier molecular flexibility index (Phi) is 10.6. The zero-order valence-electron chi connectivity index (χ0n) is 30.9. The van der Waals surface area contributed by atoms with Crippen molar-refractivity contribution < 1.29 is 36.6 Å². The van der Waals surface area contributed by atoms with Crippen LogP contribution in [-0.4, -0.2) is 85.2 Å². The van der Waals surface area contributed by atoms with Gasteiger partial charge in [-0.15, -0.1) is 0 Å². The van der Waals surface area contributed by atoms with Crippen LogP contribution in [0.1, 0.15) is 27.3 Å². The average Bonchev–Trinajstić information content (AvgIpc) is 3.60. The van der Waals surface area contributed by atoms with E-state index in [-0.39, 0.29) is 60.6 Å². The summed E-state index contributed by atoms with van der Waals surface area (Å²) < 4.78 is 72.0. The maximum atomic E-state index is 15.8. The summed E-state index contributed by atoms with van der Waals surface area (Å²) in [4.78, 5) is 68.5. The molecule has 18 heteroatoms. The van der Waals surface area contributed by atoms with Gasteiger partial charge in [-0.25, -0.2) is 23.5 Å². The van der Waals surface area contributed by atoms with Crippen molar-refractivity contribution in [2.45, 2.75) is 45.1 Å². The molecule has 1 N–H and O–H groups in total. The van der Waals surface area contributed by atoms with Gasteiger partial charge < -0.3 is 24.3 Å². The number of imidazole rings is 1. The van der Waals surface area contributed by atoms with E-state index in [1.165, 1.54) is 55.3 Å². The van der Waals surface area contributed by atoms with Crippen LogP contribution in [0.2, 0.25) is 0 Å². The van der Waals surface area contributed by atoms with E-state index in [4.69, 9.17) is 9.47 Å². The third-order valence-electron chi connectivity index (χ3n) is 10.0. The summed E-state index contributed by atoms with van der Waals surface area (Å²) >= 11 is 0. The Morgan fingerprint density at radius 3 is 2.60 bits per heavy atom. The second kappa shape index (κ2) is 15.6. The minimum absolute atomic E-state index is 0.00175. The molecule has 1 saturated heterocycles. The number of amides is 1. The summed E-state index contributed by atoms with van der Waals surface area (Å²) in [5, 5.41) is 3.27. The minimum Gasteiger partial charge on any atom is -0.462 e. The van der Waals surface area contributed by atoms with Crippen LogP contribution in [0.3, 0.4) is 0 Å². The number of ether oxygens (including phenoxy) is 2. The Morgan fingerprint density at radius 1 is 1.05 bits per heavy atom. The highest BCUT2D eigenvalue weighted by molar-refractivity contribution is 5.99. The number of rotatable bonds is 10. The molecule has 0 saturated carbocycles. The van der Waals surface area contributed by atoms with Crippen LogP contribution in [0.25, 0.3) is 27.5 Å². The highest BCUT2D eigenvalue weighted by Crippen LogP contribution is 2.33. The molecule has 0 aliphatic carbocycles. The highest BCUT2D eigenvalue weighted by atomic mass is 19.4. The first-order valence-electron chi connectivity index (χ1n) is 17.8. The summed E-state index contributed by atoms with van der Waals surface area (Å²) in [7, 11) is 1.51. The second-order valence-corrected chi connectivity index (χ2v) is 13.5. The van der Waals surface area contributed by atoms with Crippen LogP contribution in [0.4, 0.5) is 23.2 Å². The van der Waals surface area contributed by atoms with Gasteiger partial charge in [-0.05, 0) is 55.3 Å². The van der Waals surface area contributed by atoms with Crippen molar-refractivity contribution >= 4 is 39.4 Å². The topological polar surface area (TPSA) is 155 Å². The van der Waals surface area contributed by atoms with Crippen LogP contribution in [0, 0.1) is 19.7 Å². The van der Waals surface area contributed by atoms with E-state index in [9.17, 15) is 32.3 Å². The number of aromatic nitrogens is 6. The first-order chi connectivity index (χ1) is 27.2. The lowest BCUT2D eigenvalue weighted by atomic mass is 9.99. The largest absolute Gasteiger partial charge is 0.462 e. The fourth-order valence-corrected chi connectivity index (χ4v) is 7.07. The van der Waals surface area contributed by atoms with Gasteiger partial charge in [-0.2, -0.15) is 13.2 Å². The molecule has 7 rings (SSSR count). The molecule has 1 amide bonds. The first-order valence-corrected chi connectivity index (χ1v) is 17.8. The Hall–Kier alpha value is -6.43. The molecule has 14 nitrogen and oxygen atoms in total. The predicted octanol–water partition coefficient (Wildman–Crippen LogP) is 3.94. The summed E-state index contributed by atoms with van der Waals surface area (Å²) in [6, 6.07) is 6.63. The van der Waals surface area contributed by atoms with E-state index in [0.717, 1.165) is 15.5 Å². The van der Waals surface area contributed by atoms with Gasteiger partial charge in [0.15, 0.2) is 0 Å². The highest BCUT2D eigenvalue weighted by Gasteiger charge is 2.45. The number of hydrogen-bond donors (Lipinski definition) is 1. The van der Waals surface area contributed by atoms with Gasteiger partial charge in [0, 0.05) is 55.9 Å². The van der Waals surface area contributed by atoms with Gasteiger partial charge in [0.2, 0.25) is 0 Å². The van der Waals surface area contributed by atoms with Crippen LogP contribution >= 0.6 is 0 Å². The molecule has 6 aromatic rings. The lowest BCUT2D eigenvalue weighted by molar-refractivity contribution is -0.167. The quantitative estimate of drug-likeness (QED) is 0.160. The van der Waals surface area contributed by atoms with E-state index < -0.39 is 59.4 Å². The van der Waals surface area contributed by atoms with Crippen molar-refractivity contribution in [3.8, 4) is 5.69 Å². The van der Waals surface area contributed by atoms with E-state index in [2.05, 4.69) is 20.3 Å². The number of esters is 1. The fourth-order valence-electron chi connectivity index (χ4n) is 7.07. The van der Waals surface area contributed by atoms with Crippen molar-refractivity contribution in [1.29, 1.82) is 0 Å². The Balaban J connectivity index is 1.23. The van der Waals surface area contributed by atoms with Crippen molar-refractivity contribution in [1.82, 2.24) is 34.0 Å². The lowest BCUT2D eigenvalue weighted by Gasteiger charge is -2.38. The van der Waals surface area contributed by atoms with Gasteiger partial charge in [-0.1, -0.05) is 12.1 Å².